The first kappa shape index (κ1) is 20.3. The van der Waals surface area contributed by atoms with Gasteiger partial charge in [0.15, 0.2) is 0 Å². The maximum atomic E-state index is 12.3. The molecule has 1 aromatic rings. The summed E-state index contributed by atoms with van der Waals surface area (Å²) in [6, 6.07) is 6.27. The number of thioether (sulfide) groups is 1. The van der Waals surface area contributed by atoms with Crippen molar-refractivity contribution in [2.75, 3.05) is 23.8 Å². The Morgan fingerprint density at radius 3 is 2.69 bits per heavy atom. The van der Waals surface area contributed by atoms with Crippen LogP contribution in [0.3, 0.4) is 0 Å². The predicted octanol–water partition coefficient (Wildman–Crippen LogP) is 1.90. The van der Waals surface area contributed by atoms with Crippen molar-refractivity contribution in [1.82, 2.24) is 5.32 Å². The summed E-state index contributed by atoms with van der Waals surface area (Å²) in [5, 5.41) is 11.8. The Morgan fingerprint density at radius 2 is 2.04 bits per heavy atom. The van der Waals surface area contributed by atoms with E-state index in [1.807, 2.05) is 32.9 Å². The zero-order chi connectivity index (χ0) is 19.3. The smallest absolute Gasteiger partial charge is 0.326 e. The second-order valence-corrected chi connectivity index (χ2v) is 7.96. The molecule has 2 amide bonds. The number of para-hydroxylation sites is 1. The molecule has 2 rings (SSSR count). The van der Waals surface area contributed by atoms with E-state index in [4.69, 9.17) is 4.74 Å². The molecule has 2 N–H and O–H groups in total. The van der Waals surface area contributed by atoms with Gasteiger partial charge in [-0.2, -0.15) is 0 Å². The van der Waals surface area contributed by atoms with Crippen molar-refractivity contribution in [3.63, 3.8) is 0 Å². The van der Waals surface area contributed by atoms with Crippen LogP contribution in [0, 0.1) is 0 Å². The van der Waals surface area contributed by atoms with Gasteiger partial charge >= 0.3 is 5.97 Å². The minimum absolute atomic E-state index is 0.152. The number of carbonyl (C=O) groups excluding carboxylic acids is 2. The lowest BCUT2D eigenvalue weighted by Crippen LogP contribution is -2.48. The number of nitrogens with one attached hydrogen (secondary N) is 1. The SMILES string of the molecule is CC(C)(C)OCCC(NC(=O)CN1C(=O)CSc2ccccc21)C(=O)O. The molecule has 142 valence electrons. The molecule has 1 aliphatic heterocycles. The summed E-state index contributed by atoms with van der Waals surface area (Å²) < 4.78 is 5.52. The minimum atomic E-state index is -1.13. The van der Waals surface area contributed by atoms with E-state index in [9.17, 15) is 19.5 Å². The summed E-state index contributed by atoms with van der Waals surface area (Å²) in [5.41, 5.74) is 0.293. The van der Waals surface area contributed by atoms with Crippen LogP contribution in [0.15, 0.2) is 29.2 Å². The third kappa shape index (κ3) is 5.74. The molecular formula is C18H24N2O5S. The molecule has 8 heteroatoms. The van der Waals surface area contributed by atoms with Crippen LogP contribution >= 0.6 is 11.8 Å². The van der Waals surface area contributed by atoms with Gasteiger partial charge in [0.05, 0.1) is 17.0 Å². The van der Waals surface area contributed by atoms with Crippen molar-refractivity contribution in [3.8, 4) is 0 Å². The summed E-state index contributed by atoms with van der Waals surface area (Å²) in [6.07, 6.45) is 0.152. The largest absolute Gasteiger partial charge is 0.480 e. The number of ether oxygens (including phenoxy) is 1. The van der Waals surface area contributed by atoms with Gasteiger partial charge < -0.3 is 20.1 Å². The van der Waals surface area contributed by atoms with Crippen molar-refractivity contribution in [2.24, 2.45) is 0 Å². The molecule has 26 heavy (non-hydrogen) atoms. The Kier molecular flexibility index (Phi) is 6.66. The third-order valence-electron chi connectivity index (χ3n) is 3.68. The molecule has 0 aliphatic carbocycles. The average Bonchev–Trinajstić information content (AvgIpc) is 2.55. The number of anilines is 1. The van der Waals surface area contributed by atoms with Crippen LogP contribution in [0.25, 0.3) is 0 Å². The van der Waals surface area contributed by atoms with E-state index in [1.165, 1.54) is 16.7 Å². The Labute approximate surface area is 157 Å². The summed E-state index contributed by atoms with van der Waals surface area (Å²) in [4.78, 5) is 38.2. The van der Waals surface area contributed by atoms with Crippen LogP contribution < -0.4 is 10.2 Å². The minimum Gasteiger partial charge on any atom is -0.480 e. The van der Waals surface area contributed by atoms with Crippen molar-refractivity contribution in [2.45, 2.75) is 43.7 Å². The molecule has 0 spiro atoms. The maximum Gasteiger partial charge on any atom is 0.326 e. The number of aliphatic carboxylic acids is 1. The number of carboxylic acid groups (broad SMARTS) is 1. The highest BCUT2D eigenvalue weighted by atomic mass is 32.2. The lowest BCUT2D eigenvalue weighted by Gasteiger charge is -2.29. The quantitative estimate of drug-likeness (QED) is 0.750. The second kappa shape index (κ2) is 8.55. The maximum absolute atomic E-state index is 12.3. The number of rotatable bonds is 7. The van der Waals surface area contributed by atoms with Gasteiger partial charge in [0, 0.05) is 17.9 Å². The van der Waals surface area contributed by atoms with Crippen molar-refractivity contribution < 1.29 is 24.2 Å². The first-order valence-corrected chi connectivity index (χ1v) is 9.34. The van der Waals surface area contributed by atoms with Crippen LogP contribution in [-0.4, -0.2) is 53.4 Å². The number of carboxylic acids is 1. The Bertz CT molecular complexity index is 686. The molecule has 0 aromatic heterocycles. The lowest BCUT2D eigenvalue weighted by molar-refractivity contribution is -0.142. The Balaban J connectivity index is 1.97. The van der Waals surface area contributed by atoms with Crippen LogP contribution in [0.4, 0.5) is 5.69 Å². The molecule has 1 unspecified atom stereocenters. The topological polar surface area (TPSA) is 95.9 Å². The van der Waals surface area contributed by atoms with Crippen LogP contribution in [0.5, 0.6) is 0 Å². The number of benzene rings is 1. The monoisotopic (exact) mass is 380 g/mol. The summed E-state index contributed by atoms with van der Waals surface area (Å²) >= 11 is 1.43. The summed E-state index contributed by atoms with van der Waals surface area (Å²) in [7, 11) is 0. The van der Waals surface area contributed by atoms with Gasteiger partial charge in [-0.05, 0) is 32.9 Å². The first-order chi connectivity index (χ1) is 12.2. The average molecular weight is 380 g/mol. The van der Waals surface area contributed by atoms with Gasteiger partial charge in [-0.25, -0.2) is 4.79 Å². The number of fused-ring (bicyclic) bond motifs is 1. The molecular weight excluding hydrogens is 356 g/mol. The Hall–Kier alpha value is -2.06. The number of amides is 2. The number of carbonyl (C=O) groups is 3. The van der Waals surface area contributed by atoms with E-state index in [1.54, 1.807) is 12.1 Å². The van der Waals surface area contributed by atoms with Gasteiger partial charge in [-0.15, -0.1) is 11.8 Å². The van der Waals surface area contributed by atoms with Gasteiger partial charge in [-0.3, -0.25) is 9.59 Å². The third-order valence-corrected chi connectivity index (χ3v) is 4.73. The fraction of sp³-hybridized carbons (Fsp3) is 0.500. The molecule has 0 bridgehead atoms. The molecule has 7 nitrogen and oxygen atoms in total. The normalized spacial score (nSPS) is 15.3. The fourth-order valence-electron chi connectivity index (χ4n) is 2.45. The van der Waals surface area contributed by atoms with Crippen molar-refractivity contribution >= 4 is 35.2 Å². The second-order valence-electron chi connectivity index (χ2n) is 6.94. The van der Waals surface area contributed by atoms with Gasteiger partial charge in [0.2, 0.25) is 11.8 Å². The highest BCUT2D eigenvalue weighted by Crippen LogP contribution is 2.34. The van der Waals surface area contributed by atoms with Gasteiger partial charge in [0.1, 0.15) is 12.6 Å². The molecule has 1 atom stereocenters. The van der Waals surface area contributed by atoms with Crippen molar-refractivity contribution in [1.29, 1.82) is 0 Å². The zero-order valence-electron chi connectivity index (χ0n) is 15.2. The molecule has 0 saturated heterocycles. The highest BCUT2D eigenvalue weighted by molar-refractivity contribution is 8.00. The molecule has 0 fully saturated rings. The number of nitrogens with zero attached hydrogens (tertiary/aromatic N) is 1. The van der Waals surface area contributed by atoms with E-state index >= 15 is 0 Å². The van der Waals surface area contributed by atoms with E-state index < -0.39 is 17.9 Å². The Morgan fingerprint density at radius 1 is 1.35 bits per heavy atom. The highest BCUT2D eigenvalue weighted by Gasteiger charge is 2.28. The van der Waals surface area contributed by atoms with Gasteiger partial charge in [-0.1, -0.05) is 12.1 Å². The lowest BCUT2D eigenvalue weighted by atomic mass is 10.1. The first-order valence-electron chi connectivity index (χ1n) is 8.36. The molecule has 0 radical (unpaired) electrons. The van der Waals surface area contributed by atoms with E-state index in [0.717, 1.165) is 4.90 Å². The number of hydrogen-bond acceptors (Lipinski definition) is 5. The van der Waals surface area contributed by atoms with Gasteiger partial charge in [0.25, 0.3) is 0 Å². The van der Waals surface area contributed by atoms with Crippen LogP contribution in [-0.2, 0) is 19.1 Å². The van der Waals surface area contributed by atoms with Crippen molar-refractivity contribution in [3.05, 3.63) is 24.3 Å². The van der Waals surface area contributed by atoms with E-state index in [0.29, 0.717) is 5.69 Å². The summed E-state index contributed by atoms with van der Waals surface area (Å²) in [5.74, 6) is -1.56. The molecule has 1 aliphatic rings. The van der Waals surface area contributed by atoms with E-state index in [2.05, 4.69) is 5.32 Å². The van der Waals surface area contributed by atoms with E-state index in [-0.39, 0.29) is 36.8 Å². The van der Waals surface area contributed by atoms with Crippen LogP contribution in [0.2, 0.25) is 0 Å². The molecule has 1 heterocycles. The molecule has 1 aromatic carbocycles. The zero-order valence-corrected chi connectivity index (χ0v) is 16.0. The number of hydrogen-bond donors (Lipinski definition) is 2. The van der Waals surface area contributed by atoms with Crippen LogP contribution in [0.1, 0.15) is 27.2 Å². The predicted molar refractivity (Wildman–Crippen MR) is 99.4 cm³/mol. The summed E-state index contributed by atoms with van der Waals surface area (Å²) in [6.45, 7) is 5.62. The standard InChI is InChI=1S/C18H24N2O5S/c1-18(2,3)25-9-8-12(17(23)24)19-15(21)10-20-13-6-4-5-7-14(13)26-11-16(20)22/h4-7,12H,8-11H2,1-3H3,(H,19,21)(H,23,24). The fourth-order valence-corrected chi connectivity index (χ4v) is 3.39. The molecule has 0 saturated carbocycles.